The number of aliphatic hydroxyl groups is 1. The molecule has 100 valence electrons. The summed E-state index contributed by atoms with van der Waals surface area (Å²) in [5.41, 5.74) is 1.25. The fourth-order valence-electron chi connectivity index (χ4n) is 2.89. The van der Waals surface area contributed by atoms with Crippen LogP contribution in [-0.4, -0.2) is 18.2 Å². The second-order valence-corrected chi connectivity index (χ2v) is 5.26. The van der Waals surface area contributed by atoms with Crippen LogP contribution in [-0.2, 0) is 0 Å². The van der Waals surface area contributed by atoms with Gasteiger partial charge in [0.1, 0.15) is 5.82 Å². The Kier molecular flexibility index (Phi) is 4.23. The summed E-state index contributed by atoms with van der Waals surface area (Å²) < 4.78 is 14.1. The summed E-state index contributed by atoms with van der Waals surface area (Å²) in [6, 6.07) is 5.34. The van der Waals surface area contributed by atoms with Crippen LogP contribution in [0.3, 0.4) is 0 Å². The van der Waals surface area contributed by atoms with E-state index in [-0.39, 0.29) is 5.82 Å². The average Bonchev–Trinajstić information content (AvgIpc) is 2.38. The second kappa shape index (κ2) is 5.70. The van der Waals surface area contributed by atoms with Crippen LogP contribution in [0.1, 0.15) is 50.7 Å². The molecule has 1 fully saturated rings. The van der Waals surface area contributed by atoms with Gasteiger partial charge in [-0.05, 0) is 25.8 Å². The van der Waals surface area contributed by atoms with Gasteiger partial charge < -0.3 is 10.0 Å². The summed E-state index contributed by atoms with van der Waals surface area (Å²) in [6.45, 7) is 1.69. The van der Waals surface area contributed by atoms with Gasteiger partial charge in [0, 0.05) is 18.7 Å². The first kappa shape index (κ1) is 13.3. The largest absolute Gasteiger partial charge is 0.389 e. The number of hydrogen-bond donors (Lipinski definition) is 1. The molecule has 0 heterocycles. The van der Waals surface area contributed by atoms with E-state index in [4.69, 9.17) is 0 Å². The lowest BCUT2D eigenvalue weighted by Crippen LogP contribution is -2.34. The van der Waals surface area contributed by atoms with Crippen LogP contribution < -0.4 is 4.90 Å². The highest BCUT2D eigenvalue weighted by atomic mass is 19.1. The van der Waals surface area contributed by atoms with Crippen LogP contribution in [0.25, 0.3) is 0 Å². The van der Waals surface area contributed by atoms with Crippen molar-refractivity contribution in [1.29, 1.82) is 0 Å². The Morgan fingerprint density at radius 1 is 1.28 bits per heavy atom. The summed E-state index contributed by atoms with van der Waals surface area (Å²) >= 11 is 0. The molecule has 1 aromatic rings. The molecule has 0 aromatic heterocycles. The second-order valence-electron chi connectivity index (χ2n) is 5.26. The standard InChI is InChI=1S/C15H22FNO/c1-11(18)13-9-6-10-14(16)15(13)17(2)12-7-4-3-5-8-12/h6,9-12,18H,3-5,7-8H2,1-2H3/t11-/m0/s1. The average molecular weight is 251 g/mol. The van der Waals surface area contributed by atoms with Crippen LogP contribution in [0, 0.1) is 5.82 Å². The highest BCUT2D eigenvalue weighted by molar-refractivity contribution is 5.56. The molecule has 18 heavy (non-hydrogen) atoms. The van der Waals surface area contributed by atoms with Crippen molar-refractivity contribution in [2.45, 2.75) is 51.2 Å². The van der Waals surface area contributed by atoms with Gasteiger partial charge >= 0.3 is 0 Å². The van der Waals surface area contributed by atoms with Gasteiger partial charge in [0.25, 0.3) is 0 Å². The maximum absolute atomic E-state index is 14.1. The first-order valence-corrected chi connectivity index (χ1v) is 6.80. The van der Waals surface area contributed by atoms with Gasteiger partial charge in [-0.15, -0.1) is 0 Å². The summed E-state index contributed by atoms with van der Waals surface area (Å²) in [4.78, 5) is 2.02. The van der Waals surface area contributed by atoms with Crippen molar-refractivity contribution in [3.63, 3.8) is 0 Å². The molecule has 0 radical (unpaired) electrons. The van der Waals surface area contributed by atoms with Gasteiger partial charge in [-0.3, -0.25) is 0 Å². The molecule has 1 aliphatic rings. The molecule has 1 saturated carbocycles. The molecule has 0 bridgehead atoms. The Bertz CT molecular complexity index is 399. The Balaban J connectivity index is 2.30. The molecule has 2 rings (SSSR count). The Hall–Kier alpha value is -1.09. The molecular formula is C15H22FNO. The first-order chi connectivity index (χ1) is 8.61. The van der Waals surface area contributed by atoms with Gasteiger partial charge in [0.2, 0.25) is 0 Å². The maximum atomic E-state index is 14.1. The number of rotatable bonds is 3. The molecule has 3 heteroatoms. The number of benzene rings is 1. The third kappa shape index (κ3) is 2.66. The van der Waals surface area contributed by atoms with Crippen molar-refractivity contribution >= 4 is 5.69 Å². The number of hydrogen-bond acceptors (Lipinski definition) is 2. The normalized spacial score (nSPS) is 18.7. The minimum absolute atomic E-state index is 0.235. The predicted molar refractivity (Wildman–Crippen MR) is 72.3 cm³/mol. The molecule has 2 nitrogen and oxygen atoms in total. The zero-order chi connectivity index (χ0) is 13.1. The lowest BCUT2D eigenvalue weighted by Gasteiger charge is -2.34. The summed E-state index contributed by atoms with van der Waals surface area (Å²) in [5.74, 6) is -0.235. The van der Waals surface area contributed by atoms with Gasteiger partial charge in [-0.1, -0.05) is 31.4 Å². The number of para-hydroxylation sites is 1. The molecule has 0 aliphatic heterocycles. The van der Waals surface area contributed by atoms with E-state index < -0.39 is 6.10 Å². The minimum atomic E-state index is -0.637. The molecule has 1 atom stereocenters. The summed E-state index contributed by atoms with van der Waals surface area (Å²) in [6.07, 6.45) is 5.31. The van der Waals surface area contributed by atoms with Crippen LogP contribution in [0.5, 0.6) is 0 Å². The highest BCUT2D eigenvalue weighted by Gasteiger charge is 2.23. The lowest BCUT2D eigenvalue weighted by atomic mass is 9.93. The van der Waals surface area contributed by atoms with E-state index in [0.717, 1.165) is 12.8 Å². The molecule has 0 spiro atoms. The Morgan fingerprint density at radius 3 is 2.56 bits per heavy atom. The van der Waals surface area contributed by atoms with E-state index in [1.807, 2.05) is 18.0 Å². The van der Waals surface area contributed by atoms with E-state index in [0.29, 0.717) is 17.3 Å². The minimum Gasteiger partial charge on any atom is -0.389 e. The van der Waals surface area contributed by atoms with E-state index in [2.05, 4.69) is 0 Å². The molecule has 1 aliphatic carbocycles. The predicted octanol–water partition coefficient (Wildman–Crippen LogP) is 3.65. The van der Waals surface area contributed by atoms with E-state index >= 15 is 0 Å². The first-order valence-electron chi connectivity index (χ1n) is 6.80. The summed E-state index contributed by atoms with van der Waals surface area (Å²) in [5, 5.41) is 9.78. The van der Waals surface area contributed by atoms with Crippen molar-refractivity contribution in [3.8, 4) is 0 Å². The van der Waals surface area contributed by atoms with Crippen molar-refractivity contribution in [3.05, 3.63) is 29.6 Å². The molecule has 1 aromatic carbocycles. The van der Waals surface area contributed by atoms with Gasteiger partial charge in [-0.25, -0.2) is 4.39 Å². The molecule has 0 unspecified atom stereocenters. The summed E-state index contributed by atoms with van der Waals surface area (Å²) in [7, 11) is 1.94. The lowest BCUT2D eigenvalue weighted by molar-refractivity contribution is 0.199. The van der Waals surface area contributed by atoms with Crippen molar-refractivity contribution < 1.29 is 9.50 Å². The van der Waals surface area contributed by atoms with Crippen molar-refractivity contribution in [2.75, 3.05) is 11.9 Å². The van der Waals surface area contributed by atoms with E-state index in [1.54, 1.807) is 13.0 Å². The molecule has 1 N–H and O–H groups in total. The van der Waals surface area contributed by atoms with Gasteiger partial charge in [0.05, 0.1) is 11.8 Å². The molecule has 0 saturated heterocycles. The zero-order valence-electron chi connectivity index (χ0n) is 11.2. The van der Waals surface area contributed by atoms with E-state index in [9.17, 15) is 9.50 Å². The van der Waals surface area contributed by atoms with Crippen molar-refractivity contribution in [2.24, 2.45) is 0 Å². The fourth-order valence-corrected chi connectivity index (χ4v) is 2.89. The smallest absolute Gasteiger partial charge is 0.146 e. The Morgan fingerprint density at radius 2 is 1.94 bits per heavy atom. The number of halogens is 1. The number of nitrogens with zero attached hydrogens (tertiary/aromatic N) is 1. The monoisotopic (exact) mass is 251 g/mol. The van der Waals surface area contributed by atoms with Gasteiger partial charge in [-0.2, -0.15) is 0 Å². The quantitative estimate of drug-likeness (QED) is 0.886. The van der Waals surface area contributed by atoms with Gasteiger partial charge in [0.15, 0.2) is 0 Å². The van der Waals surface area contributed by atoms with E-state index in [1.165, 1.54) is 25.3 Å². The highest BCUT2D eigenvalue weighted by Crippen LogP contribution is 2.33. The number of aliphatic hydroxyl groups excluding tert-OH is 1. The topological polar surface area (TPSA) is 23.5 Å². The van der Waals surface area contributed by atoms with Crippen LogP contribution in [0.4, 0.5) is 10.1 Å². The van der Waals surface area contributed by atoms with Crippen molar-refractivity contribution in [1.82, 2.24) is 0 Å². The molecular weight excluding hydrogens is 229 g/mol. The Labute approximate surface area is 108 Å². The number of anilines is 1. The van der Waals surface area contributed by atoms with Crippen LogP contribution >= 0.6 is 0 Å². The van der Waals surface area contributed by atoms with Crippen LogP contribution in [0.15, 0.2) is 18.2 Å². The SMILES string of the molecule is C[C@H](O)c1cccc(F)c1N(C)C1CCCCC1. The molecule has 0 amide bonds. The maximum Gasteiger partial charge on any atom is 0.146 e. The van der Waals surface area contributed by atoms with Crippen LogP contribution in [0.2, 0.25) is 0 Å². The fraction of sp³-hybridized carbons (Fsp3) is 0.600. The third-order valence-electron chi connectivity index (χ3n) is 3.94. The zero-order valence-corrected chi connectivity index (χ0v) is 11.2. The third-order valence-corrected chi connectivity index (χ3v) is 3.94.